The molecule has 2 heterocycles. The SMILES string of the molecule is Cc1cc(C(=O)OC(C)C(=O)N2CC(C)OC(C)C2)cc(S(=O)(=O)N2CCC(C)CC2)c1C. The molecule has 0 spiro atoms. The van der Waals surface area contributed by atoms with E-state index < -0.39 is 22.1 Å². The van der Waals surface area contributed by atoms with Gasteiger partial charge in [-0.3, -0.25) is 4.79 Å². The molecule has 0 N–H and O–H groups in total. The number of sulfonamides is 1. The number of benzene rings is 1. The van der Waals surface area contributed by atoms with Gasteiger partial charge in [-0.2, -0.15) is 4.31 Å². The summed E-state index contributed by atoms with van der Waals surface area (Å²) in [5.41, 5.74) is 1.43. The number of ether oxygens (including phenoxy) is 2. The van der Waals surface area contributed by atoms with E-state index >= 15 is 0 Å². The Bertz CT molecular complexity index is 990. The number of nitrogens with zero attached hydrogens (tertiary/aromatic N) is 2. The summed E-state index contributed by atoms with van der Waals surface area (Å²) in [5, 5.41) is 0. The molecule has 184 valence electrons. The molecule has 0 aromatic heterocycles. The van der Waals surface area contributed by atoms with Crippen molar-refractivity contribution in [2.75, 3.05) is 26.2 Å². The Balaban J connectivity index is 1.78. The van der Waals surface area contributed by atoms with Crippen molar-refractivity contribution in [2.45, 2.75) is 77.6 Å². The highest BCUT2D eigenvalue weighted by molar-refractivity contribution is 7.89. The van der Waals surface area contributed by atoms with Crippen LogP contribution in [0.5, 0.6) is 0 Å². The van der Waals surface area contributed by atoms with Crippen LogP contribution in [0.25, 0.3) is 0 Å². The minimum absolute atomic E-state index is 0.0918. The summed E-state index contributed by atoms with van der Waals surface area (Å²) >= 11 is 0. The van der Waals surface area contributed by atoms with Crippen molar-refractivity contribution < 1.29 is 27.5 Å². The van der Waals surface area contributed by atoms with Gasteiger partial charge in [0.15, 0.2) is 6.10 Å². The molecule has 2 aliphatic heterocycles. The van der Waals surface area contributed by atoms with Gasteiger partial charge in [0.05, 0.1) is 22.7 Å². The molecular formula is C24H36N2O6S. The summed E-state index contributed by atoms with van der Waals surface area (Å²) in [6.07, 6.45) is 0.464. The molecule has 33 heavy (non-hydrogen) atoms. The maximum Gasteiger partial charge on any atom is 0.338 e. The van der Waals surface area contributed by atoms with Gasteiger partial charge in [0, 0.05) is 26.2 Å². The van der Waals surface area contributed by atoms with Crippen LogP contribution in [-0.4, -0.2) is 74.0 Å². The third-order valence-electron chi connectivity index (χ3n) is 6.58. The van der Waals surface area contributed by atoms with Crippen molar-refractivity contribution >= 4 is 21.9 Å². The number of carbonyl (C=O) groups excluding carboxylic acids is 2. The third kappa shape index (κ3) is 5.75. The molecule has 9 heteroatoms. The standard InChI is InChI=1S/C24H36N2O6S/c1-15-7-9-26(10-8-15)33(29,30)22-12-21(11-16(2)19(22)5)24(28)32-20(6)23(27)25-13-17(3)31-18(4)14-25/h11-12,15,17-18,20H,7-10,13-14H2,1-6H3. The minimum atomic E-state index is -3.73. The summed E-state index contributed by atoms with van der Waals surface area (Å²) in [4.78, 5) is 27.5. The van der Waals surface area contributed by atoms with Gasteiger partial charge in [-0.1, -0.05) is 6.92 Å². The largest absolute Gasteiger partial charge is 0.449 e. The Morgan fingerprint density at radius 3 is 2.21 bits per heavy atom. The van der Waals surface area contributed by atoms with Crippen LogP contribution in [0.4, 0.5) is 0 Å². The van der Waals surface area contributed by atoms with Gasteiger partial charge in [0.1, 0.15) is 0 Å². The number of esters is 1. The van der Waals surface area contributed by atoms with E-state index in [0.29, 0.717) is 43.2 Å². The summed E-state index contributed by atoms with van der Waals surface area (Å²) in [5.74, 6) is -0.501. The first-order chi connectivity index (χ1) is 15.4. The van der Waals surface area contributed by atoms with Gasteiger partial charge in [-0.05, 0) is 76.6 Å². The van der Waals surface area contributed by atoms with Crippen LogP contribution in [-0.2, 0) is 24.3 Å². The first kappa shape index (κ1) is 25.6. The molecule has 2 fully saturated rings. The quantitative estimate of drug-likeness (QED) is 0.602. The fraction of sp³-hybridized carbons (Fsp3) is 0.667. The first-order valence-electron chi connectivity index (χ1n) is 11.7. The molecule has 1 aromatic rings. The van der Waals surface area contributed by atoms with Crippen LogP contribution >= 0.6 is 0 Å². The highest BCUT2D eigenvalue weighted by Crippen LogP contribution is 2.28. The van der Waals surface area contributed by atoms with Gasteiger partial charge < -0.3 is 14.4 Å². The molecule has 3 unspecified atom stereocenters. The van der Waals surface area contributed by atoms with Crippen molar-refractivity contribution in [1.82, 2.24) is 9.21 Å². The number of aryl methyl sites for hydroxylation is 1. The van der Waals surface area contributed by atoms with E-state index in [0.717, 1.165) is 12.8 Å². The molecule has 3 atom stereocenters. The van der Waals surface area contributed by atoms with Crippen molar-refractivity contribution in [3.63, 3.8) is 0 Å². The monoisotopic (exact) mass is 480 g/mol. The average Bonchev–Trinajstić information content (AvgIpc) is 2.74. The van der Waals surface area contributed by atoms with Crippen molar-refractivity contribution in [2.24, 2.45) is 5.92 Å². The lowest BCUT2D eigenvalue weighted by atomic mass is 10.0. The van der Waals surface area contributed by atoms with E-state index in [9.17, 15) is 18.0 Å². The summed E-state index contributed by atoms with van der Waals surface area (Å²) in [6, 6.07) is 3.00. The molecule has 1 amide bonds. The highest BCUT2D eigenvalue weighted by Gasteiger charge is 2.33. The zero-order valence-corrected chi connectivity index (χ0v) is 21.3. The van der Waals surface area contributed by atoms with Crippen LogP contribution in [0.3, 0.4) is 0 Å². The topological polar surface area (TPSA) is 93.2 Å². The van der Waals surface area contributed by atoms with Crippen LogP contribution in [0, 0.1) is 19.8 Å². The number of carbonyl (C=O) groups is 2. The van der Waals surface area contributed by atoms with E-state index in [1.165, 1.54) is 10.4 Å². The van der Waals surface area contributed by atoms with Gasteiger partial charge in [0.25, 0.3) is 5.91 Å². The van der Waals surface area contributed by atoms with E-state index in [1.807, 2.05) is 13.8 Å². The van der Waals surface area contributed by atoms with E-state index in [2.05, 4.69) is 6.92 Å². The predicted octanol–water partition coefficient (Wildman–Crippen LogP) is 2.91. The number of piperidine rings is 1. The highest BCUT2D eigenvalue weighted by atomic mass is 32.2. The number of hydrogen-bond acceptors (Lipinski definition) is 6. The van der Waals surface area contributed by atoms with Gasteiger partial charge in [-0.15, -0.1) is 0 Å². The van der Waals surface area contributed by atoms with Crippen LogP contribution in [0.2, 0.25) is 0 Å². The lowest BCUT2D eigenvalue weighted by Crippen LogP contribution is -2.51. The number of amides is 1. The Hall–Kier alpha value is -1.97. The Kier molecular flexibility index (Phi) is 7.86. The molecule has 0 aliphatic carbocycles. The van der Waals surface area contributed by atoms with Crippen LogP contribution in [0.1, 0.15) is 62.0 Å². The van der Waals surface area contributed by atoms with E-state index in [-0.39, 0.29) is 28.6 Å². The molecule has 0 bridgehead atoms. The average molecular weight is 481 g/mol. The number of rotatable bonds is 5. The fourth-order valence-electron chi connectivity index (χ4n) is 4.47. The number of hydrogen-bond donors (Lipinski definition) is 0. The van der Waals surface area contributed by atoms with Crippen LogP contribution < -0.4 is 0 Å². The maximum atomic E-state index is 13.3. The van der Waals surface area contributed by atoms with Crippen LogP contribution in [0.15, 0.2) is 17.0 Å². The molecule has 1 aromatic carbocycles. The first-order valence-corrected chi connectivity index (χ1v) is 13.1. The van der Waals surface area contributed by atoms with Gasteiger partial charge in [-0.25, -0.2) is 13.2 Å². The molecule has 3 rings (SSSR count). The van der Waals surface area contributed by atoms with Gasteiger partial charge >= 0.3 is 5.97 Å². The van der Waals surface area contributed by atoms with E-state index in [4.69, 9.17) is 9.47 Å². The molecule has 2 aliphatic rings. The molecule has 0 saturated carbocycles. The molecule has 0 radical (unpaired) electrons. The zero-order valence-electron chi connectivity index (χ0n) is 20.5. The second-order valence-corrected chi connectivity index (χ2v) is 11.5. The van der Waals surface area contributed by atoms with E-state index in [1.54, 1.807) is 31.7 Å². The fourth-order valence-corrected chi connectivity index (χ4v) is 6.26. The Labute approximate surface area is 197 Å². The third-order valence-corrected chi connectivity index (χ3v) is 8.60. The van der Waals surface area contributed by atoms with Crippen molar-refractivity contribution in [3.05, 3.63) is 28.8 Å². The Morgan fingerprint density at radius 2 is 1.64 bits per heavy atom. The molecular weight excluding hydrogens is 444 g/mol. The normalized spacial score (nSPS) is 23.9. The summed E-state index contributed by atoms with van der Waals surface area (Å²) in [7, 11) is -3.73. The lowest BCUT2D eigenvalue weighted by Gasteiger charge is -2.36. The van der Waals surface area contributed by atoms with Crippen molar-refractivity contribution in [3.8, 4) is 0 Å². The second-order valence-electron chi connectivity index (χ2n) is 9.55. The minimum Gasteiger partial charge on any atom is -0.449 e. The molecule has 8 nitrogen and oxygen atoms in total. The summed E-state index contributed by atoms with van der Waals surface area (Å²) in [6.45, 7) is 12.8. The summed E-state index contributed by atoms with van der Waals surface area (Å²) < 4.78 is 39.3. The maximum absolute atomic E-state index is 13.3. The smallest absolute Gasteiger partial charge is 0.338 e. The van der Waals surface area contributed by atoms with Gasteiger partial charge in [0.2, 0.25) is 10.0 Å². The lowest BCUT2D eigenvalue weighted by molar-refractivity contribution is -0.151. The predicted molar refractivity (Wildman–Crippen MR) is 125 cm³/mol. The van der Waals surface area contributed by atoms with Crippen molar-refractivity contribution in [1.29, 1.82) is 0 Å². The molecule has 2 saturated heterocycles. The number of morpholine rings is 1. The second kappa shape index (κ2) is 10.1. The Morgan fingerprint density at radius 1 is 1.06 bits per heavy atom. The zero-order chi connectivity index (χ0) is 24.5.